The second-order valence-corrected chi connectivity index (χ2v) is 3.17. The summed E-state index contributed by atoms with van der Waals surface area (Å²) in [6.07, 6.45) is 0.726. The summed E-state index contributed by atoms with van der Waals surface area (Å²) in [7, 11) is 0. The minimum atomic E-state index is -1.14. The summed E-state index contributed by atoms with van der Waals surface area (Å²) >= 11 is 0. The van der Waals surface area contributed by atoms with Gasteiger partial charge >= 0.3 is 11.9 Å². The highest BCUT2D eigenvalue weighted by molar-refractivity contribution is 5.91. The summed E-state index contributed by atoms with van der Waals surface area (Å²) in [6, 6.07) is 4.64. The van der Waals surface area contributed by atoms with E-state index >= 15 is 0 Å². The molecule has 0 saturated heterocycles. The lowest BCUT2D eigenvalue weighted by Gasteiger charge is -2.08. The smallest absolute Gasteiger partial charge is 0.341 e. The number of aromatic carboxylic acids is 1. The molecule has 0 fully saturated rings. The maximum Gasteiger partial charge on any atom is 0.341 e. The standard InChI is InChI=1S/C11H12O5/c1-2-7-3-4-8(11(14)15)9(5-7)16-6-10(12)13/h3-5H,2,6H2,1H3,(H,12,13)(H,14,15). The van der Waals surface area contributed by atoms with Crippen LogP contribution in [0.5, 0.6) is 5.75 Å². The zero-order valence-electron chi connectivity index (χ0n) is 8.77. The Morgan fingerprint density at radius 2 is 2.00 bits per heavy atom. The normalized spacial score (nSPS) is 9.81. The van der Waals surface area contributed by atoms with Crippen molar-refractivity contribution in [1.29, 1.82) is 0 Å². The number of benzene rings is 1. The fraction of sp³-hybridized carbons (Fsp3) is 0.273. The van der Waals surface area contributed by atoms with Crippen molar-refractivity contribution in [2.75, 3.05) is 6.61 Å². The van der Waals surface area contributed by atoms with Crippen LogP contribution in [0.25, 0.3) is 0 Å². The fourth-order valence-corrected chi connectivity index (χ4v) is 1.22. The molecule has 0 amide bonds. The second kappa shape index (κ2) is 5.16. The van der Waals surface area contributed by atoms with E-state index in [1.54, 1.807) is 12.1 Å². The largest absolute Gasteiger partial charge is 0.481 e. The number of hydrogen-bond donors (Lipinski definition) is 2. The van der Waals surface area contributed by atoms with Crippen LogP contribution in [-0.2, 0) is 11.2 Å². The number of carboxylic acid groups (broad SMARTS) is 2. The molecule has 1 rings (SSSR count). The SMILES string of the molecule is CCc1ccc(C(=O)O)c(OCC(=O)O)c1. The summed E-state index contributed by atoms with van der Waals surface area (Å²) in [5.74, 6) is -2.18. The average Bonchev–Trinajstić information content (AvgIpc) is 2.25. The second-order valence-electron chi connectivity index (χ2n) is 3.17. The number of aliphatic carboxylic acids is 1. The van der Waals surface area contributed by atoms with Crippen LogP contribution in [-0.4, -0.2) is 28.8 Å². The van der Waals surface area contributed by atoms with Crippen LogP contribution in [0.2, 0.25) is 0 Å². The van der Waals surface area contributed by atoms with E-state index in [-0.39, 0.29) is 11.3 Å². The summed E-state index contributed by atoms with van der Waals surface area (Å²) in [4.78, 5) is 21.2. The van der Waals surface area contributed by atoms with E-state index in [1.165, 1.54) is 6.07 Å². The molecule has 0 aromatic heterocycles. The molecule has 0 saturated carbocycles. The van der Waals surface area contributed by atoms with Gasteiger partial charge in [-0.3, -0.25) is 0 Å². The van der Waals surface area contributed by atoms with E-state index in [0.29, 0.717) is 0 Å². The van der Waals surface area contributed by atoms with E-state index < -0.39 is 18.5 Å². The van der Waals surface area contributed by atoms with E-state index in [9.17, 15) is 9.59 Å². The topological polar surface area (TPSA) is 83.8 Å². The van der Waals surface area contributed by atoms with Gasteiger partial charge in [0.05, 0.1) is 0 Å². The van der Waals surface area contributed by atoms with Gasteiger partial charge in [0, 0.05) is 0 Å². The summed E-state index contributed by atoms with van der Waals surface area (Å²) in [5, 5.41) is 17.3. The van der Waals surface area contributed by atoms with Crippen molar-refractivity contribution < 1.29 is 24.5 Å². The fourth-order valence-electron chi connectivity index (χ4n) is 1.22. The Hall–Kier alpha value is -2.04. The highest BCUT2D eigenvalue weighted by atomic mass is 16.5. The number of carboxylic acids is 2. The van der Waals surface area contributed by atoms with Crippen LogP contribution in [0.1, 0.15) is 22.8 Å². The zero-order chi connectivity index (χ0) is 12.1. The van der Waals surface area contributed by atoms with Gasteiger partial charge in [-0.05, 0) is 24.1 Å². The Bertz CT molecular complexity index is 411. The molecule has 0 spiro atoms. The molecule has 1 aromatic rings. The highest BCUT2D eigenvalue weighted by Gasteiger charge is 2.12. The molecule has 0 unspecified atom stereocenters. The van der Waals surface area contributed by atoms with Crippen LogP contribution in [0.3, 0.4) is 0 Å². The van der Waals surface area contributed by atoms with Crippen molar-refractivity contribution in [3.8, 4) is 5.75 Å². The van der Waals surface area contributed by atoms with E-state index in [1.807, 2.05) is 6.92 Å². The maximum atomic E-state index is 10.8. The predicted molar refractivity (Wildman–Crippen MR) is 55.9 cm³/mol. The van der Waals surface area contributed by atoms with Gasteiger partial charge in [-0.15, -0.1) is 0 Å². The Morgan fingerprint density at radius 1 is 1.31 bits per heavy atom. The van der Waals surface area contributed by atoms with Gasteiger partial charge in [-0.2, -0.15) is 0 Å². The van der Waals surface area contributed by atoms with Crippen molar-refractivity contribution in [3.63, 3.8) is 0 Å². The van der Waals surface area contributed by atoms with Crippen LogP contribution < -0.4 is 4.74 Å². The van der Waals surface area contributed by atoms with Crippen LogP contribution in [0, 0.1) is 0 Å². The van der Waals surface area contributed by atoms with E-state index in [2.05, 4.69) is 0 Å². The minimum absolute atomic E-state index is 0.0292. The van der Waals surface area contributed by atoms with Crippen LogP contribution in [0.15, 0.2) is 18.2 Å². The van der Waals surface area contributed by atoms with Crippen molar-refractivity contribution in [1.82, 2.24) is 0 Å². The molecule has 0 aliphatic heterocycles. The maximum absolute atomic E-state index is 10.8. The van der Waals surface area contributed by atoms with Crippen molar-refractivity contribution >= 4 is 11.9 Å². The monoisotopic (exact) mass is 224 g/mol. The minimum Gasteiger partial charge on any atom is -0.481 e. The molecule has 1 aromatic carbocycles. The van der Waals surface area contributed by atoms with Crippen molar-refractivity contribution in [2.24, 2.45) is 0 Å². The average molecular weight is 224 g/mol. The van der Waals surface area contributed by atoms with Crippen molar-refractivity contribution in [3.05, 3.63) is 29.3 Å². The van der Waals surface area contributed by atoms with E-state index in [4.69, 9.17) is 14.9 Å². The zero-order valence-corrected chi connectivity index (χ0v) is 8.77. The lowest BCUT2D eigenvalue weighted by atomic mass is 10.1. The molecular weight excluding hydrogens is 212 g/mol. The Morgan fingerprint density at radius 3 is 2.50 bits per heavy atom. The number of carbonyl (C=O) groups is 2. The van der Waals surface area contributed by atoms with Crippen LogP contribution >= 0.6 is 0 Å². The predicted octanol–water partition coefficient (Wildman–Crippen LogP) is 1.41. The summed E-state index contributed by atoms with van der Waals surface area (Å²) < 4.78 is 4.92. The number of hydrogen-bond acceptors (Lipinski definition) is 3. The summed E-state index contributed by atoms with van der Waals surface area (Å²) in [5.41, 5.74) is 0.865. The van der Waals surface area contributed by atoms with Gasteiger partial charge in [0.25, 0.3) is 0 Å². The third-order valence-electron chi connectivity index (χ3n) is 2.04. The van der Waals surface area contributed by atoms with Gasteiger partial charge in [0.15, 0.2) is 6.61 Å². The van der Waals surface area contributed by atoms with Gasteiger partial charge in [-0.1, -0.05) is 13.0 Å². The third kappa shape index (κ3) is 2.98. The molecule has 0 heterocycles. The van der Waals surface area contributed by atoms with Crippen LogP contribution in [0.4, 0.5) is 0 Å². The number of aryl methyl sites for hydroxylation is 1. The first-order valence-electron chi connectivity index (χ1n) is 4.75. The molecule has 16 heavy (non-hydrogen) atoms. The third-order valence-corrected chi connectivity index (χ3v) is 2.04. The first-order chi connectivity index (χ1) is 7.54. The van der Waals surface area contributed by atoms with E-state index in [0.717, 1.165) is 12.0 Å². The Kier molecular flexibility index (Phi) is 3.88. The highest BCUT2D eigenvalue weighted by Crippen LogP contribution is 2.21. The Balaban J connectivity index is 3.00. The molecular formula is C11H12O5. The van der Waals surface area contributed by atoms with Gasteiger partial charge in [0.2, 0.25) is 0 Å². The molecule has 5 heteroatoms. The van der Waals surface area contributed by atoms with Crippen molar-refractivity contribution in [2.45, 2.75) is 13.3 Å². The molecule has 0 aliphatic rings. The quantitative estimate of drug-likeness (QED) is 0.790. The lowest BCUT2D eigenvalue weighted by Crippen LogP contribution is -2.12. The molecule has 2 N–H and O–H groups in total. The van der Waals surface area contributed by atoms with Gasteiger partial charge < -0.3 is 14.9 Å². The first kappa shape index (κ1) is 12.0. The van der Waals surface area contributed by atoms with Gasteiger partial charge in [0.1, 0.15) is 11.3 Å². The molecule has 0 bridgehead atoms. The number of rotatable bonds is 5. The molecule has 0 radical (unpaired) electrons. The Labute approximate surface area is 92.3 Å². The lowest BCUT2D eigenvalue weighted by molar-refractivity contribution is -0.139. The molecule has 0 aliphatic carbocycles. The molecule has 0 atom stereocenters. The first-order valence-corrected chi connectivity index (χ1v) is 4.75. The molecule has 5 nitrogen and oxygen atoms in total. The number of ether oxygens (including phenoxy) is 1. The van der Waals surface area contributed by atoms with Gasteiger partial charge in [-0.25, -0.2) is 9.59 Å². The molecule has 86 valence electrons. The summed E-state index contributed by atoms with van der Waals surface area (Å²) in [6.45, 7) is 1.37.